The Morgan fingerprint density at radius 3 is 1.71 bits per heavy atom. The topological polar surface area (TPSA) is 23.9 Å². The maximum atomic E-state index is 5.50. The van der Waals surface area contributed by atoms with E-state index in [1.807, 2.05) is 37.3 Å². The Bertz CT molecular complexity index is 3770. The Labute approximate surface area is 432 Å². The van der Waals surface area contributed by atoms with Crippen LogP contribution in [0.3, 0.4) is 0 Å². The highest BCUT2D eigenvalue weighted by Crippen LogP contribution is 2.57. The first-order chi connectivity index (χ1) is 35.9. The second kappa shape index (κ2) is 22.0. The van der Waals surface area contributed by atoms with Crippen LogP contribution < -0.4 is 0 Å². The minimum absolute atomic E-state index is 0.432. The van der Waals surface area contributed by atoms with Gasteiger partial charge in [-0.05, 0) is 168 Å². The summed E-state index contributed by atoms with van der Waals surface area (Å²) in [7, 11) is 0. The van der Waals surface area contributed by atoms with Crippen LogP contribution in [0, 0.1) is 12.3 Å². The van der Waals surface area contributed by atoms with Gasteiger partial charge in [0.25, 0.3) is 0 Å². The average Bonchev–Trinajstić information content (AvgIpc) is 3.76. The molecule has 354 valence electrons. The highest BCUT2D eigenvalue weighted by Gasteiger charge is 2.46. The Kier molecular flexibility index (Phi) is 14.8. The molecule has 10 aromatic carbocycles. The molecule has 11 rings (SSSR count). The lowest BCUT2D eigenvalue weighted by molar-refractivity contribution is 0.765. The van der Waals surface area contributed by atoms with Crippen LogP contribution in [0.25, 0.3) is 76.8 Å². The summed E-state index contributed by atoms with van der Waals surface area (Å²) in [5.41, 5.74) is 18.9. The molecule has 1 aliphatic carbocycles. The molecule has 0 radical (unpaired) electrons. The molecule has 0 aliphatic heterocycles. The van der Waals surface area contributed by atoms with E-state index >= 15 is 0 Å². The fourth-order valence-electron chi connectivity index (χ4n) is 11.0. The second-order valence-electron chi connectivity index (χ2n) is 18.3. The Hall–Kier alpha value is -8.91. The number of rotatable bonds is 10. The maximum absolute atomic E-state index is 5.50. The van der Waals surface area contributed by atoms with Crippen molar-refractivity contribution < 1.29 is 0 Å². The van der Waals surface area contributed by atoms with Crippen LogP contribution in [0.1, 0.15) is 59.7 Å². The van der Waals surface area contributed by atoms with Crippen LogP contribution in [-0.4, -0.2) is 6.72 Å². The minimum atomic E-state index is -0.432. The molecule has 0 amide bonds. The van der Waals surface area contributed by atoms with Crippen molar-refractivity contribution in [1.82, 2.24) is 0 Å². The molecule has 0 bridgehead atoms. The first-order valence-electron chi connectivity index (χ1n) is 25.1. The first-order valence-corrected chi connectivity index (χ1v) is 25.1. The van der Waals surface area contributed by atoms with Crippen LogP contribution in [0.15, 0.2) is 274 Å². The van der Waals surface area contributed by atoms with Crippen molar-refractivity contribution >= 4 is 50.2 Å². The maximum Gasteiger partial charge on any atom is 0.0710 e. The van der Waals surface area contributed by atoms with Gasteiger partial charge in [0, 0.05) is 0 Å². The lowest BCUT2D eigenvalue weighted by Gasteiger charge is -2.34. The summed E-state index contributed by atoms with van der Waals surface area (Å²) >= 11 is 0. The number of hydrogen-bond donors (Lipinski definition) is 1. The number of fused-ring (bicyclic) bond motifs is 9. The van der Waals surface area contributed by atoms with Crippen molar-refractivity contribution in [2.75, 3.05) is 0 Å². The van der Waals surface area contributed by atoms with E-state index in [2.05, 4.69) is 265 Å². The van der Waals surface area contributed by atoms with Crippen LogP contribution in [0.4, 0.5) is 0 Å². The van der Waals surface area contributed by atoms with Gasteiger partial charge in [0.1, 0.15) is 0 Å². The fourth-order valence-corrected chi connectivity index (χ4v) is 11.0. The van der Waals surface area contributed by atoms with E-state index in [9.17, 15) is 0 Å². The van der Waals surface area contributed by atoms with E-state index < -0.39 is 5.41 Å². The third-order valence-electron chi connectivity index (χ3n) is 14.2. The molecule has 0 saturated carbocycles. The van der Waals surface area contributed by atoms with Crippen molar-refractivity contribution in [3.05, 3.63) is 313 Å². The summed E-state index contributed by atoms with van der Waals surface area (Å²) in [5.74, 6) is 0. The standard InChI is InChI=1S/C64H50.C7H8.CH3N/c1-6-19-45(20-7-2)46-34-32-44(33-35-46)43(5)47-22-17-23-48(40-47)49-36-38-58-59(41-49)55-27-14-13-26-54(55)57-30-18-29-53(63(57)58)50-37-39-62-60(42-50)56-28-15-16-31-61(56)64(62,51(9-4)21-8-3)52-24-11-10-12-25-52;1-7-5-3-2-4-6-7;1-2/h6-42H,1,5H2,2-4H3;2-6H,1H3;2H,1H2/b20-7-,21-8-,45-19+,51-9+;;. The Morgan fingerprint density at radius 1 is 0.452 bits per heavy atom. The lowest BCUT2D eigenvalue weighted by Crippen LogP contribution is -2.29. The smallest absolute Gasteiger partial charge is 0.0710 e. The van der Waals surface area contributed by atoms with Crippen molar-refractivity contribution in [1.29, 1.82) is 5.41 Å². The molecule has 0 aromatic heterocycles. The normalized spacial score (nSPS) is 14.1. The van der Waals surface area contributed by atoms with E-state index in [0.29, 0.717) is 0 Å². The van der Waals surface area contributed by atoms with E-state index in [4.69, 9.17) is 5.41 Å². The molecule has 0 heterocycles. The highest BCUT2D eigenvalue weighted by molar-refractivity contribution is 6.29. The first kappa shape index (κ1) is 49.1. The molecule has 1 aliphatic rings. The molecule has 0 saturated heterocycles. The second-order valence-corrected chi connectivity index (χ2v) is 18.3. The van der Waals surface area contributed by atoms with Gasteiger partial charge in [0.05, 0.1) is 5.41 Å². The summed E-state index contributed by atoms with van der Waals surface area (Å²) in [6, 6.07) is 77.8. The SMILES string of the molecule is C=C/C=C(\C=C/C)c1ccc(C(=C)c2cccc(-c3ccc4c(c3)c3ccccc3c3cccc(-c5ccc6c(c5)-c5ccccc5C6(C(/C=C\C)=C/C)c5ccccc5)c34)c2)cc1.C=N.Cc1ccccc1. The van der Waals surface area contributed by atoms with Gasteiger partial charge in [0.15, 0.2) is 0 Å². The van der Waals surface area contributed by atoms with Gasteiger partial charge in [-0.1, -0.05) is 255 Å². The zero-order chi connectivity index (χ0) is 50.9. The zero-order valence-corrected chi connectivity index (χ0v) is 42.4. The van der Waals surface area contributed by atoms with Gasteiger partial charge in [-0.15, -0.1) is 0 Å². The van der Waals surface area contributed by atoms with E-state index in [0.717, 1.165) is 33.4 Å². The van der Waals surface area contributed by atoms with Crippen LogP contribution in [-0.2, 0) is 5.41 Å². The third kappa shape index (κ3) is 9.19. The molecular formula is C72H61N. The van der Waals surface area contributed by atoms with Crippen molar-refractivity contribution in [2.24, 2.45) is 0 Å². The van der Waals surface area contributed by atoms with Gasteiger partial charge in [0.2, 0.25) is 0 Å². The largest absolute Gasteiger partial charge is 0.317 e. The predicted molar refractivity (Wildman–Crippen MR) is 319 cm³/mol. The molecule has 1 nitrogen and oxygen atoms in total. The zero-order valence-electron chi connectivity index (χ0n) is 42.4. The average molecular weight is 940 g/mol. The molecule has 0 fully saturated rings. The van der Waals surface area contributed by atoms with Gasteiger partial charge < -0.3 is 5.41 Å². The molecule has 73 heavy (non-hydrogen) atoms. The molecular weight excluding hydrogens is 879 g/mol. The summed E-state index contributed by atoms with van der Waals surface area (Å²) in [6.45, 7) is 19.4. The van der Waals surface area contributed by atoms with Gasteiger partial charge in [-0.3, -0.25) is 0 Å². The van der Waals surface area contributed by atoms with Crippen molar-refractivity contribution in [3.8, 4) is 33.4 Å². The fraction of sp³-hybridized carbons (Fsp3) is 0.0694. The van der Waals surface area contributed by atoms with Crippen molar-refractivity contribution in [2.45, 2.75) is 33.1 Å². The number of hydrogen-bond acceptors (Lipinski definition) is 1. The Balaban J connectivity index is 0.000000667. The number of allylic oxidation sites excluding steroid dienone is 9. The molecule has 0 spiro atoms. The number of aryl methyl sites for hydroxylation is 1. The number of benzene rings is 10. The van der Waals surface area contributed by atoms with Crippen molar-refractivity contribution in [3.63, 3.8) is 0 Å². The lowest BCUT2D eigenvalue weighted by atomic mass is 9.67. The molecule has 1 heteroatoms. The predicted octanol–water partition coefficient (Wildman–Crippen LogP) is 19.8. The molecule has 10 aromatic rings. The van der Waals surface area contributed by atoms with Crippen LogP contribution >= 0.6 is 0 Å². The molecule has 1 unspecified atom stereocenters. The van der Waals surface area contributed by atoms with Crippen LogP contribution in [0.5, 0.6) is 0 Å². The summed E-state index contributed by atoms with van der Waals surface area (Å²) in [5, 5.41) is 13.0. The van der Waals surface area contributed by atoms with Crippen LogP contribution in [0.2, 0.25) is 0 Å². The van der Waals surface area contributed by atoms with Gasteiger partial charge >= 0.3 is 0 Å². The minimum Gasteiger partial charge on any atom is -0.317 e. The van der Waals surface area contributed by atoms with Gasteiger partial charge in [-0.2, -0.15) is 0 Å². The summed E-state index contributed by atoms with van der Waals surface area (Å²) in [4.78, 5) is 0. The summed E-state index contributed by atoms with van der Waals surface area (Å²) in [6.07, 6.45) is 14.8. The third-order valence-corrected chi connectivity index (χ3v) is 14.2. The monoisotopic (exact) mass is 939 g/mol. The highest BCUT2D eigenvalue weighted by atomic mass is 14.5. The Morgan fingerprint density at radius 2 is 1.03 bits per heavy atom. The molecule has 1 atom stereocenters. The quantitative estimate of drug-likeness (QED) is 0.0803. The van der Waals surface area contributed by atoms with E-state index in [1.54, 1.807) is 0 Å². The van der Waals surface area contributed by atoms with Gasteiger partial charge in [-0.25, -0.2) is 0 Å². The number of nitrogens with one attached hydrogen (secondary N) is 1. The van der Waals surface area contributed by atoms with E-state index in [-0.39, 0.29) is 0 Å². The summed E-state index contributed by atoms with van der Waals surface area (Å²) < 4.78 is 0. The molecule has 1 N–H and O–H groups in total. The van der Waals surface area contributed by atoms with E-state index in [1.165, 1.54) is 88.0 Å².